The Morgan fingerprint density at radius 1 is 0.448 bits per heavy atom. The van der Waals surface area contributed by atoms with Crippen LogP contribution in [0.4, 0.5) is 0 Å². The van der Waals surface area contributed by atoms with Gasteiger partial charge in [0.25, 0.3) is 0 Å². The van der Waals surface area contributed by atoms with Gasteiger partial charge >= 0.3 is 5.97 Å². The zero-order valence-corrected chi connectivity index (χ0v) is 37.7. The molecule has 0 aliphatic rings. The molecule has 4 nitrogen and oxygen atoms in total. The Balaban J connectivity index is 1.27. The molecule has 3 rings (SSSR count). The molecule has 0 saturated heterocycles. The van der Waals surface area contributed by atoms with Gasteiger partial charge in [0, 0.05) is 6.61 Å². The van der Waals surface area contributed by atoms with Crippen LogP contribution in [-0.4, -0.2) is 18.7 Å². The Kier molecular flexibility index (Phi) is 27.8. The summed E-state index contributed by atoms with van der Waals surface area (Å²) in [5.41, 5.74) is 3.90. The fourth-order valence-corrected chi connectivity index (χ4v) is 7.96. The van der Waals surface area contributed by atoms with E-state index in [2.05, 4.69) is 52.0 Å². The van der Waals surface area contributed by atoms with E-state index in [0.717, 1.165) is 49.2 Å². The number of hydrogen-bond acceptors (Lipinski definition) is 4. The molecule has 3 aromatic carbocycles. The number of benzene rings is 3. The summed E-state index contributed by atoms with van der Waals surface area (Å²) in [4.78, 5) is 13.0. The lowest BCUT2D eigenvalue weighted by Crippen LogP contribution is -2.16. The van der Waals surface area contributed by atoms with Gasteiger partial charge < -0.3 is 14.2 Å². The zero-order valence-electron chi connectivity index (χ0n) is 37.7. The molecule has 0 radical (unpaired) electrons. The SMILES string of the molecule is CCCCCCCCCCCCCCCCCCOC(C)c1ccc(-c2ccc(C(=O)Oc3ccc(OC(CCC)CCCCCCCCCCC)cc3)cc2)cc1. The average molecular weight is 797 g/mol. The van der Waals surface area contributed by atoms with E-state index in [4.69, 9.17) is 14.2 Å². The molecule has 0 bridgehead atoms. The van der Waals surface area contributed by atoms with Crippen LogP contribution < -0.4 is 9.47 Å². The topological polar surface area (TPSA) is 44.8 Å². The first-order chi connectivity index (χ1) is 28.5. The van der Waals surface area contributed by atoms with E-state index in [1.54, 1.807) is 0 Å². The van der Waals surface area contributed by atoms with Gasteiger partial charge in [0.1, 0.15) is 11.5 Å². The van der Waals surface area contributed by atoms with Crippen molar-refractivity contribution in [1.29, 1.82) is 0 Å². The highest BCUT2D eigenvalue weighted by Crippen LogP contribution is 2.26. The maximum absolute atomic E-state index is 13.0. The summed E-state index contributed by atoms with van der Waals surface area (Å²) in [6, 6.07) is 23.8. The molecule has 0 spiro atoms. The van der Waals surface area contributed by atoms with E-state index >= 15 is 0 Å². The zero-order chi connectivity index (χ0) is 41.3. The Labute approximate surface area is 356 Å². The summed E-state index contributed by atoms with van der Waals surface area (Å²) in [6.07, 6.45) is 37.7. The van der Waals surface area contributed by atoms with Crippen LogP contribution in [0, 0.1) is 0 Å². The molecule has 0 saturated carbocycles. The van der Waals surface area contributed by atoms with E-state index < -0.39 is 0 Å². The third-order valence-corrected chi connectivity index (χ3v) is 11.8. The van der Waals surface area contributed by atoms with Crippen molar-refractivity contribution < 1.29 is 19.0 Å². The maximum Gasteiger partial charge on any atom is 0.343 e. The fourth-order valence-electron chi connectivity index (χ4n) is 7.96. The average Bonchev–Trinajstić information content (AvgIpc) is 3.25. The lowest BCUT2D eigenvalue weighted by atomic mass is 10.0. The number of rotatable bonds is 36. The lowest BCUT2D eigenvalue weighted by Gasteiger charge is -2.19. The first-order valence-electron chi connectivity index (χ1n) is 24.3. The number of carbonyl (C=O) groups excluding carboxylic acids is 1. The molecule has 0 aliphatic heterocycles. The van der Waals surface area contributed by atoms with Gasteiger partial charge in [-0.3, -0.25) is 0 Å². The molecule has 0 fully saturated rings. The highest BCUT2D eigenvalue weighted by Gasteiger charge is 2.13. The van der Waals surface area contributed by atoms with Crippen molar-refractivity contribution in [3.63, 3.8) is 0 Å². The molecule has 3 aromatic rings. The minimum Gasteiger partial charge on any atom is -0.490 e. The minimum atomic E-state index is -0.361. The minimum absolute atomic E-state index is 0.0745. The Hall–Kier alpha value is -3.11. The molecule has 0 aromatic heterocycles. The van der Waals surface area contributed by atoms with Crippen molar-refractivity contribution in [3.05, 3.63) is 83.9 Å². The van der Waals surface area contributed by atoms with Gasteiger partial charge in [-0.05, 0) is 85.7 Å². The first-order valence-corrected chi connectivity index (χ1v) is 24.3. The molecule has 324 valence electrons. The van der Waals surface area contributed by atoms with Crippen LogP contribution in [0.3, 0.4) is 0 Å². The van der Waals surface area contributed by atoms with Crippen molar-refractivity contribution in [2.75, 3.05) is 6.61 Å². The predicted molar refractivity (Wildman–Crippen MR) is 248 cm³/mol. The Bertz CT molecular complexity index is 1400. The summed E-state index contributed by atoms with van der Waals surface area (Å²) in [6.45, 7) is 9.75. The first kappa shape index (κ1) is 49.3. The lowest BCUT2D eigenvalue weighted by molar-refractivity contribution is 0.0627. The van der Waals surface area contributed by atoms with Gasteiger partial charge in [0.15, 0.2) is 0 Å². The number of carbonyl (C=O) groups is 1. The van der Waals surface area contributed by atoms with E-state index in [9.17, 15) is 4.79 Å². The van der Waals surface area contributed by atoms with Crippen LogP contribution in [0.1, 0.15) is 230 Å². The third-order valence-electron chi connectivity index (χ3n) is 11.8. The predicted octanol–water partition coefficient (Wildman–Crippen LogP) is 17.4. The van der Waals surface area contributed by atoms with Crippen molar-refractivity contribution >= 4 is 5.97 Å². The van der Waals surface area contributed by atoms with Gasteiger partial charge in [0.05, 0.1) is 17.8 Å². The number of ether oxygens (including phenoxy) is 3. The number of unbranched alkanes of at least 4 members (excludes halogenated alkanes) is 23. The highest BCUT2D eigenvalue weighted by atomic mass is 16.5. The molecule has 0 heterocycles. The third kappa shape index (κ3) is 22.3. The summed E-state index contributed by atoms with van der Waals surface area (Å²) < 4.78 is 18.3. The normalized spacial score (nSPS) is 12.4. The van der Waals surface area contributed by atoms with E-state index in [1.807, 2.05) is 48.5 Å². The van der Waals surface area contributed by atoms with Gasteiger partial charge in [0.2, 0.25) is 0 Å². The summed E-state index contributed by atoms with van der Waals surface area (Å²) in [7, 11) is 0. The molecule has 4 heteroatoms. The monoisotopic (exact) mass is 797 g/mol. The van der Waals surface area contributed by atoms with Gasteiger partial charge in [-0.15, -0.1) is 0 Å². The molecule has 0 amide bonds. The second-order valence-corrected chi connectivity index (χ2v) is 17.0. The largest absolute Gasteiger partial charge is 0.490 e. The summed E-state index contributed by atoms with van der Waals surface area (Å²) in [5.74, 6) is 0.996. The van der Waals surface area contributed by atoms with Crippen LogP contribution >= 0.6 is 0 Å². The molecular formula is C54H84O4. The maximum atomic E-state index is 13.0. The Morgan fingerprint density at radius 2 is 0.862 bits per heavy atom. The second kappa shape index (κ2) is 32.7. The fraction of sp³-hybridized carbons (Fsp3) is 0.648. The van der Waals surface area contributed by atoms with Crippen molar-refractivity contribution in [1.82, 2.24) is 0 Å². The van der Waals surface area contributed by atoms with Crippen molar-refractivity contribution in [3.8, 4) is 22.6 Å². The number of hydrogen-bond donors (Lipinski definition) is 0. The van der Waals surface area contributed by atoms with Gasteiger partial charge in [-0.1, -0.05) is 211 Å². The van der Waals surface area contributed by atoms with Gasteiger partial charge in [-0.2, -0.15) is 0 Å². The summed E-state index contributed by atoms with van der Waals surface area (Å²) >= 11 is 0. The molecule has 58 heavy (non-hydrogen) atoms. The number of esters is 1. The molecular weight excluding hydrogens is 713 g/mol. The van der Waals surface area contributed by atoms with Crippen LogP contribution in [-0.2, 0) is 4.74 Å². The quantitative estimate of drug-likeness (QED) is 0.0334. The molecule has 2 unspecified atom stereocenters. The van der Waals surface area contributed by atoms with Crippen molar-refractivity contribution in [2.45, 2.75) is 220 Å². The molecule has 2 atom stereocenters. The second-order valence-electron chi connectivity index (χ2n) is 17.0. The Morgan fingerprint density at radius 3 is 1.33 bits per heavy atom. The van der Waals surface area contributed by atoms with Crippen LogP contribution in [0.15, 0.2) is 72.8 Å². The van der Waals surface area contributed by atoms with Crippen LogP contribution in [0.2, 0.25) is 0 Å². The van der Waals surface area contributed by atoms with Gasteiger partial charge in [-0.25, -0.2) is 4.79 Å². The van der Waals surface area contributed by atoms with Crippen molar-refractivity contribution in [2.24, 2.45) is 0 Å². The van der Waals surface area contributed by atoms with E-state index in [1.165, 1.54) is 160 Å². The van der Waals surface area contributed by atoms with Crippen LogP contribution in [0.5, 0.6) is 11.5 Å². The van der Waals surface area contributed by atoms with E-state index in [0.29, 0.717) is 11.3 Å². The molecule has 0 N–H and O–H groups in total. The highest BCUT2D eigenvalue weighted by molar-refractivity contribution is 5.91. The summed E-state index contributed by atoms with van der Waals surface area (Å²) in [5, 5.41) is 0. The van der Waals surface area contributed by atoms with Crippen LogP contribution in [0.25, 0.3) is 11.1 Å². The molecule has 0 aliphatic carbocycles. The van der Waals surface area contributed by atoms with E-state index in [-0.39, 0.29) is 18.2 Å². The smallest absolute Gasteiger partial charge is 0.343 e. The standard InChI is InChI=1S/C54H84O4/c1-5-8-10-12-14-16-17-18-19-20-21-22-24-26-28-30-45-56-46(4)47-33-35-48(36-34-47)49-37-39-50(40-38-49)54(55)58-53-43-41-52(42-44-53)57-51(31-7-3)32-29-27-25-23-15-13-11-9-6-2/h33-44,46,51H,5-32,45H2,1-4H3.